The Labute approximate surface area is 73.3 Å². The smallest absolute Gasteiger partial charge is 0.306 e. The van der Waals surface area contributed by atoms with Gasteiger partial charge < -0.3 is 5.11 Å². The molecule has 1 N–H and O–H groups in total. The minimum atomic E-state index is -0.634. The SMILES string of the molecule is CC1=CCC(C)C(C(=O)O)CC1. The van der Waals surface area contributed by atoms with E-state index in [1.807, 2.05) is 6.92 Å². The van der Waals surface area contributed by atoms with Crippen molar-refractivity contribution in [1.82, 2.24) is 0 Å². The molecule has 1 rings (SSSR count). The van der Waals surface area contributed by atoms with Crippen molar-refractivity contribution in [3.05, 3.63) is 11.6 Å². The Morgan fingerprint density at radius 3 is 2.92 bits per heavy atom. The highest BCUT2D eigenvalue weighted by atomic mass is 16.4. The first-order valence-electron chi connectivity index (χ1n) is 4.49. The van der Waals surface area contributed by atoms with E-state index in [0.29, 0.717) is 5.92 Å². The Hall–Kier alpha value is -0.790. The van der Waals surface area contributed by atoms with Gasteiger partial charge in [-0.1, -0.05) is 18.6 Å². The van der Waals surface area contributed by atoms with E-state index in [-0.39, 0.29) is 5.92 Å². The molecule has 0 aliphatic heterocycles. The lowest BCUT2D eigenvalue weighted by Crippen LogP contribution is -2.20. The van der Waals surface area contributed by atoms with Gasteiger partial charge in [0.15, 0.2) is 0 Å². The summed E-state index contributed by atoms with van der Waals surface area (Å²) >= 11 is 0. The second-order valence-corrected chi connectivity index (χ2v) is 3.75. The van der Waals surface area contributed by atoms with Gasteiger partial charge in [0.25, 0.3) is 0 Å². The number of aliphatic carboxylic acids is 1. The molecule has 2 nitrogen and oxygen atoms in total. The van der Waals surface area contributed by atoms with Crippen molar-refractivity contribution in [1.29, 1.82) is 0 Å². The van der Waals surface area contributed by atoms with Gasteiger partial charge in [0, 0.05) is 0 Å². The third kappa shape index (κ3) is 2.10. The maximum atomic E-state index is 10.8. The van der Waals surface area contributed by atoms with Gasteiger partial charge in [-0.2, -0.15) is 0 Å². The molecule has 0 saturated carbocycles. The summed E-state index contributed by atoms with van der Waals surface area (Å²) in [6.45, 7) is 4.10. The third-order valence-electron chi connectivity index (χ3n) is 2.69. The van der Waals surface area contributed by atoms with Gasteiger partial charge in [-0.3, -0.25) is 4.79 Å². The fourth-order valence-electron chi connectivity index (χ4n) is 1.69. The first kappa shape index (κ1) is 9.30. The molecule has 0 bridgehead atoms. The maximum absolute atomic E-state index is 10.8. The summed E-state index contributed by atoms with van der Waals surface area (Å²) in [6.07, 6.45) is 4.84. The molecule has 2 atom stereocenters. The second-order valence-electron chi connectivity index (χ2n) is 3.75. The Balaban J connectivity index is 2.64. The van der Waals surface area contributed by atoms with Gasteiger partial charge in [-0.25, -0.2) is 0 Å². The lowest BCUT2D eigenvalue weighted by molar-refractivity contribution is -0.143. The summed E-state index contributed by atoms with van der Waals surface area (Å²) in [5, 5.41) is 8.90. The summed E-state index contributed by atoms with van der Waals surface area (Å²) in [5.41, 5.74) is 1.34. The van der Waals surface area contributed by atoms with Gasteiger partial charge in [0.1, 0.15) is 0 Å². The number of rotatable bonds is 1. The largest absolute Gasteiger partial charge is 0.481 e. The van der Waals surface area contributed by atoms with Crippen molar-refractivity contribution in [3.8, 4) is 0 Å². The number of hydrogen-bond acceptors (Lipinski definition) is 1. The predicted molar refractivity (Wildman–Crippen MR) is 47.9 cm³/mol. The fraction of sp³-hybridized carbons (Fsp3) is 0.700. The van der Waals surface area contributed by atoms with Crippen LogP contribution in [0.25, 0.3) is 0 Å². The first-order valence-corrected chi connectivity index (χ1v) is 4.49. The lowest BCUT2D eigenvalue weighted by atomic mass is 9.89. The van der Waals surface area contributed by atoms with Gasteiger partial charge >= 0.3 is 5.97 Å². The van der Waals surface area contributed by atoms with E-state index in [4.69, 9.17) is 5.11 Å². The maximum Gasteiger partial charge on any atom is 0.306 e. The van der Waals surface area contributed by atoms with Crippen LogP contribution in [0.3, 0.4) is 0 Å². The molecule has 0 fully saturated rings. The summed E-state index contributed by atoms with van der Waals surface area (Å²) in [7, 11) is 0. The molecule has 0 heterocycles. The van der Waals surface area contributed by atoms with Crippen molar-refractivity contribution >= 4 is 5.97 Å². The van der Waals surface area contributed by atoms with E-state index < -0.39 is 5.97 Å². The number of carboxylic acids is 1. The summed E-state index contributed by atoms with van der Waals surface area (Å²) in [4.78, 5) is 10.8. The molecule has 0 spiro atoms. The van der Waals surface area contributed by atoms with Crippen molar-refractivity contribution < 1.29 is 9.90 Å². The van der Waals surface area contributed by atoms with Crippen LogP contribution in [0.15, 0.2) is 11.6 Å². The molecule has 0 aromatic heterocycles. The van der Waals surface area contributed by atoms with Crippen LogP contribution in [0.1, 0.15) is 33.1 Å². The summed E-state index contributed by atoms with van der Waals surface area (Å²) in [6, 6.07) is 0. The molecule has 0 aromatic carbocycles. The number of hydrogen-bond donors (Lipinski definition) is 1. The van der Waals surface area contributed by atoms with Crippen molar-refractivity contribution in [3.63, 3.8) is 0 Å². The van der Waals surface area contributed by atoms with Crippen LogP contribution in [0.5, 0.6) is 0 Å². The Morgan fingerprint density at radius 2 is 2.33 bits per heavy atom. The topological polar surface area (TPSA) is 37.3 Å². The van der Waals surface area contributed by atoms with Crippen molar-refractivity contribution in [2.75, 3.05) is 0 Å². The Kier molecular flexibility index (Phi) is 2.90. The average Bonchev–Trinajstić information content (AvgIpc) is 2.14. The number of allylic oxidation sites excluding steroid dienone is 2. The van der Waals surface area contributed by atoms with E-state index in [9.17, 15) is 4.79 Å². The van der Waals surface area contributed by atoms with E-state index in [2.05, 4.69) is 13.0 Å². The van der Waals surface area contributed by atoms with Gasteiger partial charge in [-0.05, 0) is 32.1 Å². The Bertz CT molecular complexity index is 206. The highest BCUT2D eigenvalue weighted by Gasteiger charge is 2.25. The molecule has 0 aromatic rings. The molecule has 1 aliphatic carbocycles. The Morgan fingerprint density at radius 1 is 1.67 bits per heavy atom. The summed E-state index contributed by atoms with van der Waals surface area (Å²) in [5.74, 6) is -0.482. The second kappa shape index (κ2) is 3.74. The van der Waals surface area contributed by atoms with Crippen molar-refractivity contribution in [2.45, 2.75) is 33.1 Å². The van der Waals surface area contributed by atoms with Crippen LogP contribution in [-0.4, -0.2) is 11.1 Å². The van der Waals surface area contributed by atoms with E-state index in [1.165, 1.54) is 5.57 Å². The van der Waals surface area contributed by atoms with Gasteiger partial charge in [0.05, 0.1) is 5.92 Å². The molecule has 68 valence electrons. The summed E-state index contributed by atoms with van der Waals surface area (Å²) < 4.78 is 0. The number of carbonyl (C=O) groups is 1. The zero-order valence-electron chi connectivity index (χ0n) is 7.71. The lowest BCUT2D eigenvalue weighted by Gasteiger charge is -2.15. The normalized spacial score (nSPS) is 30.7. The number of carboxylic acid groups (broad SMARTS) is 1. The fourth-order valence-corrected chi connectivity index (χ4v) is 1.69. The quantitative estimate of drug-likeness (QED) is 0.610. The van der Waals surface area contributed by atoms with Crippen LogP contribution in [-0.2, 0) is 4.79 Å². The van der Waals surface area contributed by atoms with Gasteiger partial charge in [-0.15, -0.1) is 0 Å². The zero-order valence-corrected chi connectivity index (χ0v) is 7.71. The van der Waals surface area contributed by atoms with Crippen LogP contribution in [0, 0.1) is 11.8 Å². The molecule has 0 amide bonds. The zero-order chi connectivity index (χ0) is 9.14. The van der Waals surface area contributed by atoms with E-state index >= 15 is 0 Å². The van der Waals surface area contributed by atoms with Crippen LogP contribution in [0.2, 0.25) is 0 Å². The van der Waals surface area contributed by atoms with Gasteiger partial charge in [0.2, 0.25) is 0 Å². The first-order chi connectivity index (χ1) is 5.61. The standard InChI is InChI=1S/C10H16O2/c1-7-3-5-8(2)9(6-4-7)10(11)12/h3,8-9H,4-6H2,1-2H3,(H,11,12). The van der Waals surface area contributed by atoms with E-state index in [0.717, 1.165) is 19.3 Å². The molecular weight excluding hydrogens is 152 g/mol. The molecule has 1 aliphatic rings. The molecule has 0 saturated heterocycles. The van der Waals surface area contributed by atoms with Crippen molar-refractivity contribution in [2.24, 2.45) is 11.8 Å². The predicted octanol–water partition coefficient (Wildman–Crippen LogP) is 2.45. The molecule has 2 heteroatoms. The van der Waals surface area contributed by atoms with Crippen LogP contribution < -0.4 is 0 Å². The average molecular weight is 168 g/mol. The molecule has 2 unspecified atom stereocenters. The van der Waals surface area contributed by atoms with E-state index in [1.54, 1.807) is 0 Å². The van der Waals surface area contributed by atoms with Crippen LogP contribution >= 0.6 is 0 Å². The molecule has 12 heavy (non-hydrogen) atoms. The third-order valence-corrected chi connectivity index (χ3v) is 2.69. The molecule has 0 radical (unpaired) electrons. The van der Waals surface area contributed by atoms with Crippen LogP contribution in [0.4, 0.5) is 0 Å². The molecular formula is C10H16O2. The highest BCUT2D eigenvalue weighted by molar-refractivity contribution is 5.70. The highest BCUT2D eigenvalue weighted by Crippen LogP contribution is 2.27. The minimum Gasteiger partial charge on any atom is -0.481 e. The monoisotopic (exact) mass is 168 g/mol. The minimum absolute atomic E-state index is 0.140.